The smallest absolute Gasteiger partial charge is 0.224 e. The first kappa shape index (κ1) is 18.6. The molecule has 0 spiro atoms. The number of rotatable bonds is 7. The molecule has 0 bridgehead atoms. The van der Waals surface area contributed by atoms with E-state index >= 15 is 0 Å². The number of aryl methyl sites for hydroxylation is 1. The van der Waals surface area contributed by atoms with Crippen LogP contribution in [0.3, 0.4) is 0 Å². The number of carbonyl (C=O) groups is 1. The SMILES string of the molecule is O=C(CCc1ncc(-c2ccc(F)cc2)o1)Nc1cccc(Cn2ccnc2)c1. The highest BCUT2D eigenvalue weighted by atomic mass is 19.1. The van der Waals surface area contributed by atoms with Gasteiger partial charge in [0.15, 0.2) is 11.7 Å². The first-order chi connectivity index (χ1) is 14.2. The minimum atomic E-state index is -0.306. The summed E-state index contributed by atoms with van der Waals surface area (Å²) >= 11 is 0. The fraction of sp³-hybridized carbons (Fsp3) is 0.136. The van der Waals surface area contributed by atoms with Crippen LogP contribution in [0.2, 0.25) is 0 Å². The molecule has 146 valence electrons. The number of hydrogen-bond donors (Lipinski definition) is 1. The lowest BCUT2D eigenvalue weighted by Gasteiger charge is -2.07. The number of nitrogens with one attached hydrogen (secondary N) is 1. The van der Waals surface area contributed by atoms with E-state index in [4.69, 9.17) is 4.42 Å². The lowest BCUT2D eigenvalue weighted by Crippen LogP contribution is -2.12. The molecule has 6 nitrogen and oxygen atoms in total. The number of nitrogens with zero attached hydrogens (tertiary/aromatic N) is 3. The van der Waals surface area contributed by atoms with E-state index in [-0.39, 0.29) is 18.1 Å². The highest BCUT2D eigenvalue weighted by Crippen LogP contribution is 2.21. The summed E-state index contributed by atoms with van der Waals surface area (Å²) in [5.41, 5.74) is 2.55. The Labute approximate surface area is 167 Å². The Balaban J connectivity index is 1.32. The number of imidazole rings is 1. The predicted octanol–water partition coefficient (Wildman–Crippen LogP) is 4.30. The van der Waals surface area contributed by atoms with Gasteiger partial charge in [-0.25, -0.2) is 14.4 Å². The summed E-state index contributed by atoms with van der Waals surface area (Å²) in [6.07, 6.45) is 7.58. The average Bonchev–Trinajstić information content (AvgIpc) is 3.39. The van der Waals surface area contributed by atoms with Gasteiger partial charge in [-0.1, -0.05) is 12.1 Å². The van der Waals surface area contributed by atoms with E-state index in [0.717, 1.165) is 16.8 Å². The normalized spacial score (nSPS) is 10.8. The van der Waals surface area contributed by atoms with Crippen molar-refractivity contribution in [1.82, 2.24) is 14.5 Å². The van der Waals surface area contributed by atoms with Crippen LogP contribution in [-0.2, 0) is 17.8 Å². The number of oxazole rings is 1. The molecule has 0 aliphatic heterocycles. The van der Waals surface area contributed by atoms with E-state index in [2.05, 4.69) is 15.3 Å². The molecule has 0 aliphatic rings. The summed E-state index contributed by atoms with van der Waals surface area (Å²) in [6, 6.07) is 13.7. The number of carbonyl (C=O) groups excluding carboxylic acids is 1. The van der Waals surface area contributed by atoms with E-state index in [1.807, 2.05) is 35.0 Å². The molecular weight excluding hydrogens is 371 g/mol. The number of amides is 1. The lowest BCUT2D eigenvalue weighted by molar-refractivity contribution is -0.116. The van der Waals surface area contributed by atoms with E-state index in [1.54, 1.807) is 30.9 Å². The Morgan fingerprint density at radius 3 is 2.83 bits per heavy atom. The van der Waals surface area contributed by atoms with Gasteiger partial charge < -0.3 is 14.3 Å². The zero-order chi connectivity index (χ0) is 20.1. The molecule has 4 rings (SSSR count). The van der Waals surface area contributed by atoms with Crippen LogP contribution in [0.1, 0.15) is 17.9 Å². The van der Waals surface area contributed by atoms with Gasteiger partial charge in [0.25, 0.3) is 0 Å². The summed E-state index contributed by atoms with van der Waals surface area (Å²) in [4.78, 5) is 20.5. The fourth-order valence-electron chi connectivity index (χ4n) is 2.96. The van der Waals surface area contributed by atoms with Crippen molar-refractivity contribution in [3.05, 3.63) is 90.7 Å². The Bertz CT molecular complexity index is 1090. The molecule has 4 aromatic rings. The molecule has 0 unspecified atom stereocenters. The van der Waals surface area contributed by atoms with Crippen molar-refractivity contribution >= 4 is 11.6 Å². The Kier molecular flexibility index (Phi) is 5.47. The fourth-order valence-corrected chi connectivity index (χ4v) is 2.96. The van der Waals surface area contributed by atoms with E-state index in [0.29, 0.717) is 24.6 Å². The van der Waals surface area contributed by atoms with Gasteiger partial charge >= 0.3 is 0 Å². The molecule has 2 heterocycles. The minimum Gasteiger partial charge on any atom is -0.441 e. The monoisotopic (exact) mass is 390 g/mol. The second-order valence-corrected chi connectivity index (χ2v) is 6.61. The quantitative estimate of drug-likeness (QED) is 0.511. The van der Waals surface area contributed by atoms with Crippen LogP contribution < -0.4 is 5.32 Å². The maximum absolute atomic E-state index is 13.0. The second kappa shape index (κ2) is 8.52. The third kappa shape index (κ3) is 4.95. The van der Waals surface area contributed by atoms with Gasteiger partial charge in [-0.15, -0.1) is 0 Å². The lowest BCUT2D eigenvalue weighted by atomic mass is 10.2. The Morgan fingerprint density at radius 2 is 2.03 bits per heavy atom. The summed E-state index contributed by atoms with van der Waals surface area (Å²) in [7, 11) is 0. The van der Waals surface area contributed by atoms with Crippen LogP contribution in [0.4, 0.5) is 10.1 Å². The van der Waals surface area contributed by atoms with E-state index < -0.39 is 0 Å². The van der Waals surface area contributed by atoms with Gasteiger partial charge in [-0.3, -0.25) is 4.79 Å². The van der Waals surface area contributed by atoms with Gasteiger partial charge in [0.05, 0.1) is 12.5 Å². The van der Waals surface area contributed by atoms with Gasteiger partial charge in [-0.05, 0) is 42.0 Å². The second-order valence-electron chi connectivity index (χ2n) is 6.61. The Morgan fingerprint density at radius 1 is 1.17 bits per heavy atom. The van der Waals surface area contributed by atoms with Crippen molar-refractivity contribution < 1.29 is 13.6 Å². The van der Waals surface area contributed by atoms with Crippen LogP contribution in [-0.4, -0.2) is 20.4 Å². The molecule has 29 heavy (non-hydrogen) atoms. The van der Waals surface area contributed by atoms with Crippen molar-refractivity contribution in [3.63, 3.8) is 0 Å². The molecule has 1 N–H and O–H groups in total. The number of aromatic nitrogens is 3. The van der Waals surface area contributed by atoms with Crippen LogP contribution in [0.15, 0.2) is 77.9 Å². The topological polar surface area (TPSA) is 73.0 Å². The minimum absolute atomic E-state index is 0.119. The standard InChI is InChI=1S/C22H19FN4O2/c23-18-6-4-17(5-7-18)20-13-25-22(29-20)9-8-21(28)26-19-3-1-2-16(12-19)14-27-11-10-24-15-27/h1-7,10-13,15H,8-9,14H2,(H,26,28). The molecule has 1 amide bonds. The van der Waals surface area contributed by atoms with Crippen molar-refractivity contribution in [2.24, 2.45) is 0 Å². The average molecular weight is 390 g/mol. The summed E-state index contributed by atoms with van der Waals surface area (Å²) < 4.78 is 20.6. The van der Waals surface area contributed by atoms with Crippen LogP contribution in [0.25, 0.3) is 11.3 Å². The third-order valence-corrected chi connectivity index (χ3v) is 4.38. The number of hydrogen-bond acceptors (Lipinski definition) is 4. The maximum atomic E-state index is 13.0. The number of anilines is 1. The van der Waals surface area contributed by atoms with E-state index in [9.17, 15) is 9.18 Å². The molecule has 0 saturated heterocycles. The summed E-state index contributed by atoms with van der Waals surface area (Å²) in [6.45, 7) is 0.687. The van der Waals surface area contributed by atoms with Gasteiger partial charge in [0.2, 0.25) is 5.91 Å². The molecule has 0 saturated carbocycles. The summed E-state index contributed by atoms with van der Waals surface area (Å²) in [5, 5.41) is 2.90. The summed E-state index contributed by atoms with van der Waals surface area (Å²) in [5.74, 6) is 0.589. The molecule has 7 heteroatoms. The Hall–Kier alpha value is -3.74. The molecule has 2 aromatic heterocycles. The highest BCUT2D eigenvalue weighted by molar-refractivity contribution is 5.90. The molecule has 0 fully saturated rings. The zero-order valence-corrected chi connectivity index (χ0v) is 15.6. The molecular formula is C22H19FN4O2. The third-order valence-electron chi connectivity index (χ3n) is 4.38. The highest BCUT2D eigenvalue weighted by Gasteiger charge is 2.10. The largest absolute Gasteiger partial charge is 0.441 e. The van der Waals surface area contributed by atoms with Crippen LogP contribution in [0.5, 0.6) is 0 Å². The van der Waals surface area contributed by atoms with Gasteiger partial charge in [0.1, 0.15) is 5.82 Å². The number of halogens is 1. The molecule has 0 atom stereocenters. The van der Waals surface area contributed by atoms with Crippen molar-refractivity contribution in [3.8, 4) is 11.3 Å². The van der Waals surface area contributed by atoms with Crippen molar-refractivity contribution in [2.45, 2.75) is 19.4 Å². The zero-order valence-electron chi connectivity index (χ0n) is 15.6. The van der Waals surface area contributed by atoms with E-state index in [1.165, 1.54) is 12.1 Å². The molecule has 0 radical (unpaired) electrons. The first-order valence-electron chi connectivity index (χ1n) is 9.21. The van der Waals surface area contributed by atoms with Crippen molar-refractivity contribution in [2.75, 3.05) is 5.32 Å². The molecule has 2 aromatic carbocycles. The van der Waals surface area contributed by atoms with Gasteiger partial charge in [-0.2, -0.15) is 0 Å². The van der Waals surface area contributed by atoms with Crippen LogP contribution in [0, 0.1) is 5.82 Å². The van der Waals surface area contributed by atoms with Crippen molar-refractivity contribution in [1.29, 1.82) is 0 Å². The number of benzene rings is 2. The van der Waals surface area contributed by atoms with Gasteiger partial charge in [0, 0.05) is 43.0 Å². The predicted molar refractivity (Wildman–Crippen MR) is 107 cm³/mol. The first-order valence-corrected chi connectivity index (χ1v) is 9.21. The molecule has 0 aliphatic carbocycles. The maximum Gasteiger partial charge on any atom is 0.224 e. The van der Waals surface area contributed by atoms with Crippen LogP contribution >= 0.6 is 0 Å².